The number of fused-ring (bicyclic) bond motifs is 2. The lowest BCUT2D eigenvalue weighted by molar-refractivity contribution is 0.508. The second kappa shape index (κ2) is 8.22. The molecule has 7 nitrogen and oxygen atoms in total. The number of furan rings is 1. The molecule has 3 heterocycles. The minimum Gasteiger partial charge on any atom is -0.449 e. The normalized spacial score (nSPS) is 14.7. The summed E-state index contributed by atoms with van der Waals surface area (Å²) in [7, 11) is 0. The Hall–Kier alpha value is -4.22. The van der Waals surface area contributed by atoms with Crippen LogP contribution in [0.1, 0.15) is 18.6 Å². The molecule has 0 atom stereocenters. The smallest absolute Gasteiger partial charge is 0.336 e. The predicted molar refractivity (Wildman–Crippen MR) is 132 cm³/mol. The van der Waals surface area contributed by atoms with E-state index in [9.17, 15) is 19.2 Å². The average molecular weight is 489 g/mol. The van der Waals surface area contributed by atoms with E-state index in [2.05, 4.69) is 24.2 Å². The van der Waals surface area contributed by atoms with E-state index >= 15 is 0 Å². The molecule has 1 aliphatic rings. The number of pyridine rings is 1. The molecule has 0 N–H and O–H groups in total. The van der Waals surface area contributed by atoms with E-state index in [4.69, 9.17) is 16.0 Å². The highest BCUT2D eigenvalue weighted by atomic mass is 35.5. The minimum atomic E-state index is -0.744. The van der Waals surface area contributed by atoms with Crippen molar-refractivity contribution in [2.24, 2.45) is 5.41 Å². The molecule has 4 aromatic rings. The number of aromatic nitrogens is 3. The Balaban J connectivity index is 1.88. The SMILES string of the molecule is C=C/C=C(\C(=C)Cl)c1cc2c(o1)c(=O)n(-c1cncc3ccc(F)cc13)c(=O)n2CC1(C#N)CC1. The van der Waals surface area contributed by atoms with Crippen molar-refractivity contribution in [2.75, 3.05) is 0 Å². The van der Waals surface area contributed by atoms with Crippen LogP contribution in [0.15, 0.2) is 81.0 Å². The fourth-order valence-corrected chi connectivity index (χ4v) is 4.28. The third-order valence-electron chi connectivity index (χ3n) is 6.16. The number of nitriles is 1. The van der Waals surface area contributed by atoms with Crippen LogP contribution in [-0.2, 0) is 6.54 Å². The van der Waals surface area contributed by atoms with Gasteiger partial charge in [-0.1, -0.05) is 36.9 Å². The topological polar surface area (TPSA) is 93.8 Å². The maximum Gasteiger partial charge on any atom is 0.336 e. The summed E-state index contributed by atoms with van der Waals surface area (Å²) in [6, 6.07) is 7.82. The minimum absolute atomic E-state index is 0.0625. The van der Waals surface area contributed by atoms with Gasteiger partial charge in [-0.15, -0.1) is 0 Å². The monoisotopic (exact) mass is 488 g/mol. The Kier molecular flexibility index (Phi) is 5.30. The quantitative estimate of drug-likeness (QED) is 0.354. The van der Waals surface area contributed by atoms with E-state index in [-0.39, 0.29) is 34.1 Å². The Morgan fingerprint density at radius 1 is 1.31 bits per heavy atom. The van der Waals surface area contributed by atoms with E-state index in [0.717, 1.165) is 4.57 Å². The molecule has 9 heteroatoms. The lowest BCUT2D eigenvalue weighted by Gasteiger charge is -2.14. The van der Waals surface area contributed by atoms with Gasteiger partial charge in [-0.25, -0.2) is 13.8 Å². The zero-order valence-corrected chi connectivity index (χ0v) is 19.2. The zero-order chi connectivity index (χ0) is 24.9. The van der Waals surface area contributed by atoms with Crippen LogP contribution in [0.2, 0.25) is 0 Å². The van der Waals surface area contributed by atoms with Gasteiger partial charge in [-0.2, -0.15) is 5.26 Å². The molecule has 35 heavy (non-hydrogen) atoms. The Bertz CT molecular complexity index is 1750. The molecular formula is C26H18ClFN4O3. The van der Waals surface area contributed by atoms with Gasteiger partial charge in [0, 0.05) is 40.2 Å². The Labute approximate surface area is 203 Å². The zero-order valence-electron chi connectivity index (χ0n) is 18.4. The molecular weight excluding hydrogens is 471 g/mol. The number of hydrogen-bond donors (Lipinski definition) is 0. The maximum atomic E-state index is 14.1. The molecule has 0 spiro atoms. The Morgan fingerprint density at radius 2 is 2.09 bits per heavy atom. The van der Waals surface area contributed by atoms with E-state index in [1.54, 1.807) is 6.08 Å². The highest BCUT2D eigenvalue weighted by molar-refractivity contribution is 6.36. The summed E-state index contributed by atoms with van der Waals surface area (Å²) in [5.74, 6) is -0.312. The van der Waals surface area contributed by atoms with Crippen LogP contribution in [0.25, 0.3) is 33.1 Å². The highest BCUT2D eigenvalue weighted by Gasteiger charge is 2.44. The first-order chi connectivity index (χ1) is 16.8. The van der Waals surface area contributed by atoms with Gasteiger partial charge >= 0.3 is 11.2 Å². The number of benzene rings is 1. The summed E-state index contributed by atoms with van der Waals surface area (Å²) < 4.78 is 22.3. The van der Waals surface area contributed by atoms with Crippen molar-refractivity contribution in [2.45, 2.75) is 19.4 Å². The molecule has 3 aromatic heterocycles. The molecule has 0 unspecified atom stereocenters. The predicted octanol–water partition coefficient (Wildman–Crippen LogP) is 5.06. The summed E-state index contributed by atoms with van der Waals surface area (Å²) in [5, 5.41) is 10.7. The van der Waals surface area contributed by atoms with Crippen molar-refractivity contribution in [3.63, 3.8) is 0 Å². The summed E-state index contributed by atoms with van der Waals surface area (Å²) in [6.07, 6.45) is 7.16. The van der Waals surface area contributed by atoms with Crippen LogP contribution in [-0.4, -0.2) is 14.1 Å². The molecule has 0 radical (unpaired) electrons. The fraction of sp³-hybridized carbons (Fsp3) is 0.154. The summed E-state index contributed by atoms with van der Waals surface area (Å²) in [4.78, 5) is 31.5. The highest BCUT2D eigenvalue weighted by Crippen LogP contribution is 2.46. The van der Waals surface area contributed by atoms with E-state index in [1.165, 1.54) is 47.3 Å². The van der Waals surface area contributed by atoms with Gasteiger partial charge in [-0.3, -0.25) is 14.3 Å². The lowest BCUT2D eigenvalue weighted by Crippen LogP contribution is -2.40. The van der Waals surface area contributed by atoms with Crippen molar-refractivity contribution < 1.29 is 8.81 Å². The first-order valence-corrected chi connectivity index (χ1v) is 11.1. The van der Waals surface area contributed by atoms with Crippen molar-refractivity contribution in [3.8, 4) is 11.8 Å². The molecule has 0 amide bonds. The van der Waals surface area contributed by atoms with Crippen LogP contribution in [0.3, 0.4) is 0 Å². The van der Waals surface area contributed by atoms with Crippen LogP contribution < -0.4 is 11.2 Å². The van der Waals surface area contributed by atoms with E-state index in [1.807, 2.05) is 0 Å². The lowest BCUT2D eigenvalue weighted by atomic mass is 10.1. The molecule has 1 fully saturated rings. The molecule has 0 saturated heterocycles. The van der Waals surface area contributed by atoms with Gasteiger partial charge in [0.2, 0.25) is 5.58 Å². The van der Waals surface area contributed by atoms with Crippen molar-refractivity contribution in [1.82, 2.24) is 14.1 Å². The molecule has 1 saturated carbocycles. The second-order valence-corrected chi connectivity index (χ2v) is 8.93. The van der Waals surface area contributed by atoms with Crippen molar-refractivity contribution in [3.05, 3.63) is 99.4 Å². The van der Waals surface area contributed by atoms with Gasteiger partial charge in [0.25, 0.3) is 0 Å². The van der Waals surface area contributed by atoms with E-state index < -0.39 is 22.5 Å². The number of rotatable bonds is 6. The molecule has 0 aliphatic heterocycles. The third-order valence-corrected chi connectivity index (χ3v) is 6.36. The van der Waals surface area contributed by atoms with Crippen LogP contribution >= 0.6 is 11.6 Å². The molecule has 5 rings (SSSR count). The number of nitrogens with zero attached hydrogens (tertiary/aromatic N) is 4. The standard InChI is InChI=1S/C26H18ClFN4O3/c1-3-4-18(15(2)27)22-10-20-23(35-22)24(33)32(25(34)31(20)14-26(13-29)7-8-26)21-12-30-11-16-5-6-17(28)9-19(16)21/h3-6,9-12H,1-2,7-8,14H2/b18-4+. The van der Waals surface area contributed by atoms with E-state index in [0.29, 0.717) is 29.2 Å². The Morgan fingerprint density at radius 3 is 2.74 bits per heavy atom. The number of hydrogen-bond acceptors (Lipinski definition) is 5. The molecule has 0 bridgehead atoms. The van der Waals surface area contributed by atoms with Gasteiger partial charge < -0.3 is 4.42 Å². The van der Waals surface area contributed by atoms with Crippen LogP contribution in [0.5, 0.6) is 0 Å². The largest absolute Gasteiger partial charge is 0.449 e. The van der Waals surface area contributed by atoms with Gasteiger partial charge in [0.1, 0.15) is 11.6 Å². The number of allylic oxidation sites excluding steroid dienone is 4. The van der Waals surface area contributed by atoms with Crippen LogP contribution in [0.4, 0.5) is 4.39 Å². The maximum absolute atomic E-state index is 14.1. The molecule has 1 aromatic carbocycles. The molecule has 174 valence electrons. The summed E-state index contributed by atoms with van der Waals surface area (Å²) in [5.41, 5.74) is -1.54. The second-order valence-electron chi connectivity index (χ2n) is 8.47. The van der Waals surface area contributed by atoms with Crippen molar-refractivity contribution in [1.29, 1.82) is 5.26 Å². The van der Waals surface area contributed by atoms with Crippen LogP contribution in [0, 0.1) is 22.6 Å². The number of halogens is 2. The van der Waals surface area contributed by atoms with Gasteiger partial charge in [-0.05, 0) is 31.0 Å². The van der Waals surface area contributed by atoms with Gasteiger partial charge in [0.15, 0.2) is 0 Å². The van der Waals surface area contributed by atoms with Crippen molar-refractivity contribution >= 4 is 39.0 Å². The first kappa shape index (κ1) is 22.6. The van der Waals surface area contributed by atoms with Gasteiger partial charge in [0.05, 0.1) is 28.9 Å². The summed E-state index contributed by atoms with van der Waals surface area (Å²) in [6.45, 7) is 7.44. The molecule has 1 aliphatic carbocycles. The third kappa shape index (κ3) is 3.70. The average Bonchev–Trinajstić information content (AvgIpc) is 3.48. The first-order valence-electron chi connectivity index (χ1n) is 10.7. The summed E-state index contributed by atoms with van der Waals surface area (Å²) >= 11 is 6.13. The fourth-order valence-electron chi connectivity index (χ4n) is 4.13.